The first-order valence-electron chi connectivity index (χ1n) is 6.99. The van der Waals surface area contributed by atoms with E-state index in [9.17, 15) is 0 Å². The van der Waals surface area contributed by atoms with Crippen molar-refractivity contribution in [3.63, 3.8) is 0 Å². The van der Waals surface area contributed by atoms with Crippen LogP contribution in [0, 0.1) is 0 Å². The van der Waals surface area contributed by atoms with Crippen LogP contribution in [0.3, 0.4) is 0 Å². The van der Waals surface area contributed by atoms with E-state index in [0.717, 1.165) is 0 Å². The molecule has 0 saturated carbocycles. The summed E-state index contributed by atoms with van der Waals surface area (Å²) in [7, 11) is 0. The van der Waals surface area contributed by atoms with E-state index in [1.54, 1.807) is 3.28 Å². The fourth-order valence-corrected chi connectivity index (χ4v) is 11.7. The first-order chi connectivity index (χ1) is 10.2. The molecule has 114 valence electrons. The van der Waals surface area contributed by atoms with Gasteiger partial charge in [-0.2, -0.15) is 0 Å². The molecule has 0 radical (unpaired) electrons. The van der Waals surface area contributed by atoms with E-state index in [0.29, 0.717) is 0 Å². The number of hydrogen-bond donors (Lipinski definition) is 0. The van der Waals surface area contributed by atoms with E-state index in [1.165, 1.54) is 22.3 Å². The molecule has 0 amide bonds. The quantitative estimate of drug-likeness (QED) is 0.449. The van der Waals surface area contributed by atoms with Crippen LogP contribution in [0.15, 0.2) is 75.1 Å². The minimum absolute atomic E-state index is 0. The van der Waals surface area contributed by atoms with Gasteiger partial charge in [0.15, 0.2) is 0 Å². The number of halogens is 3. The van der Waals surface area contributed by atoms with Gasteiger partial charge >= 0.3 is 146 Å². The smallest absolute Gasteiger partial charge is 1.00 e. The second-order valence-corrected chi connectivity index (χ2v) is 12.7. The molecule has 1 aromatic rings. The standard InChI is InChI=1S/C18H11ClS.2ClH.Zr/c19-18(12-4-7-14-6-3-9-16(14)18)20-17-11-10-13-5-1-2-8-15(13)17;;;/h1-5,7-12H;2*1H;/q;;;+2/p-2. The molecule has 1 aromatic carbocycles. The monoisotopic (exact) mass is 454 g/mol. The Balaban J connectivity index is 0.000000781. The summed E-state index contributed by atoms with van der Waals surface area (Å²) in [6, 6.07) is 8.80. The van der Waals surface area contributed by atoms with Crippen molar-refractivity contribution in [3.8, 4) is 0 Å². The van der Waals surface area contributed by atoms with E-state index >= 15 is 0 Å². The van der Waals surface area contributed by atoms with Crippen LogP contribution < -0.4 is 24.8 Å². The Labute approximate surface area is 169 Å². The first-order valence-corrected chi connectivity index (χ1v) is 10.6. The van der Waals surface area contributed by atoms with Crippen molar-refractivity contribution in [1.82, 2.24) is 0 Å². The Bertz CT molecular complexity index is 836. The molecule has 1 spiro atoms. The van der Waals surface area contributed by atoms with Crippen LogP contribution in [0.1, 0.15) is 11.1 Å². The molecule has 4 bridgehead atoms. The molecule has 0 N–H and O–H groups in total. The van der Waals surface area contributed by atoms with E-state index in [1.807, 2.05) is 11.8 Å². The molecular weight excluding hydrogens is 446 g/mol. The van der Waals surface area contributed by atoms with Crippen molar-refractivity contribution in [3.05, 3.63) is 86.3 Å². The molecule has 3 aliphatic carbocycles. The van der Waals surface area contributed by atoms with Crippen molar-refractivity contribution >= 4 is 29.4 Å². The first kappa shape index (κ1) is 17.8. The van der Waals surface area contributed by atoms with Crippen LogP contribution in [-0.4, -0.2) is 4.21 Å². The van der Waals surface area contributed by atoms with Gasteiger partial charge in [-0.15, -0.1) is 0 Å². The number of alkyl halides is 1. The minimum Gasteiger partial charge on any atom is -1.00 e. The van der Waals surface area contributed by atoms with E-state index in [2.05, 4.69) is 66.8 Å². The summed E-state index contributed by atoms with van der Waals surface area (Å²) >= 11 is 8.17. The van der Waals surface area contributed by atoms with Gasteiger partial charge in [0.1, 0.15) is 0 Å². The number of fused-ring (bicyclic) bond motifs is 2. The summed E-state index contributed by atoms with van der Waals surface area (Å²) in [6.45, 7) is 0. The summed E-state index contributed by atoms with van der Waals surface area (Å²) < 4.78 is 1.29. The van der Waals surface area contributed by atoms with Crippen LogP contribution in [0.5, 0.6) is 0 Å². The van der Waals surface area contributed by atoms with E-state index in [-0.39, 0.29) is 27.3 Å². The second-order valence-electron chi connectivity index (χ2n) is 5.63. The molecule has 1 fully saturated rings. The fourth-order valence-electron chi connectivity index (χ4n) is 3.46. The van der Waals surface area contributed by atoms with Gasteiger partial charge < -0.3 is 24.8 Å². The second kappa shape index (κ2) is 6.08. The Morgan fingerprint density at radius 1 is 1.00 bits per heavy atom. The molecule has 4 aliphatic rings. The van der Waals surface area contributed by atoms with Crippen LogP contribution in [0.25, 0.3) is 6.08 Å². The predicted octanol–water partition coefficient (Wildman–Crippen LogP) is -1.04. The molecule has 1 heterocycles. The Morgan fingerprint density at radius 3 is 2.70 bits per heavy atom. The van der Waals surface area contributed by atoms with Crippen LogP contribution >= 0.6 is 23.4 Å². The molecule has 0 nitrogen and oxygen atoms in total. The number of thioether (sulfide) groups is 1. The van der Waals surface area contributed by atoms with Gasteiger partial charge in [-0.1, -0.05) is 0 Å². The van der Waals surface area contributed by atoms with E-state index in [4.69, 9.17) is 11.6 Å². The maximum absolute atomic E-state index is 7.07. The third-order valence-corrected chi connectivity index (χ3v) is 11.4. The Hall–Kier alpha value is 0.0231. The Morgan fingerprint density at radius 2 is 1.83 bits per heavy atom. The van der Waals surface area contributed by atoms with Gasteiger partial charge in [0.05, 0.1) is 0 Å². The third-order valence-electron chi connectivity index (χ3n) is 4.43. The van der Waals surface area contributed by atoms with Gasteiger partial charge in [0.2, 0.25) is 0 Å². The molecule has 1 saturated heterocycles. The average molecular weight is 457 g/mol. The van der Waals surface area contributed by atoms with Gasteiger partial charge in [-0.05, 0) is 0 Å². The van der Waals surface area contributed by atoms with Crippen LogP contribution in [0.2, 0.25) is 0 Å². The van der Waals surface area contributed by atoms with Gasteiger partial charge in [-0.25, -0.2) is 0 Å². The summed E-state index contributed by atoms with van der Waals surface area (Å²) in [5.41, 5.74) is 5.53. The Kier molecular flexibility index (Phi) is 4.71. The molecule has 2 atom stereocenters. The SMILES string of the molecule is ClC12C=CC=C3[C](=CC=C31)[Zr+2][C]1(C=Cc3ccccc31)S2.[Cl-].[Cl-]. The molecule has 1 aliphatic heterocycles. The molecular formula is C18H11Cl3SZr. The van der Waals surface area contributed by atoms with E-state index < -0.39 is 27.4 Å². The van der Waals surface area contributed by atoms with Crippen molar-refractivity contribution in [2.45, 2.75) is 6.66 Å². The molecule has 5 heteroatoms. The molecule has 23 heavy (non-hydrogen) atoms. The van der Waals surface area contributed by atoms with Crippen molar-refractivity contribution in [2.24, 2.45) is 0 Å². The van der Waals surface area contributed by atoms with Crippen molar-refractivity contribution in [1.29, 1.82) is 0 Å². The van der Waals surface area contributed by atoms with Crippen molar-refractivity contribution < 1.29 is 48.0 Å². The summed E-state index contributed by atoms with van der Waals surface area (Å²) in [4.78, 5) is 0. The summed E-state index contributed by atoms with van der Waals surface area (Å²) in [5.74, 6) is 0. The largest absolute Gasteiger partial charge is 1.00 e. The van der Waals surface area contributed by atoms with Crippen LogP contribution in [0.4, 0.5) is 0 Å². The number of rotatable bonds is 0. The number of allylic oxidation sites excluding steroid dienone is 6. The number of hydrogen-bond acceptors (Lipinski definition) is 1. The average Bonchev–Trinajstić information content (AvgIpc) is 3.02. The topological polar surface area (TPSA) is 0 Å². The predicted molar refractivity (Wildman–Crippen MR) is 86.7 cm³/mol. The molecule has 2 unspecified atom stereocenters. The van der Waals surface area contributed by atoms with Crippen LogP contribution in [-0.2, 0) is 25.7 Å². The fraction of sp³-hybridized carbons (Fsp3) is 0.111. The third kappa shape index (κ3) is 2.45. The normalized spacial score (nSPS) is 30.7. The summed E-state index contributed by atoms with van der Waals surface area (Å²) in [5, 5.41) is 0. The van der Waals surface area contributed by atoms with Crippen molar-refractivity contribution in [2.75, 3.05) is 0 Å². The zero-order valence-corrected chi connectivity index (χ0v) is 17.4. The number of benzene rings is 1. The maximum Gasteiger partial charge on any atom is -1.00 e. The zero-order chi connectivity index (χ0) is 14.1. The zero-order valence-electron chi connectivity index (χ0n) is 11.9. The minimum atomic E-state index is -0.843. The molecule has 0 aromatic heterocycles. The van der Waals surface area contributed by atoms with Gasteiger partial charge in [-0.3, -0.25) is 0 Å². The van der Waals surface area contributed by atoms with Gasteiger partial charge in [0.25, 0.3) is 0 Å². The maximum atomic E-state index is 7.07. The molecule has 5 rings (SSSR count). The summed E-state index contributed by atoms with van der Waals surface area (Å²) in [6.07, 6.45) is 15.8. The van der Waals surface area contributed by atoms with Gasteiger partial charge in [0, 0.05) is 0 Å².